The maximum atomic E-state index is 9.05. The lowest BCUT2D eigenvalue weighted by molar-refractivity contribution is 0.426. The van der Waals surface area contributed by atoms with E-state index in [1.54, 1.807) is 12.1 Å². The largest absolute Gasteiger partial charge is 0.488 e. The van der Waals surface area contributed by atoms with Gasteiger partial charge in [0.05, 0.1) is 0 Å². The van der Waals surface area contributed by atoms with E-state index in [4.69, 9.17) is 10.0 Å². The van der Waals surface area contributed by atoms with Crippen molar-refractivity contribution in [2.75, 3.05) is 0 Å². The van der Waals surface area contributed by atoms with Crippen molar-refractivity contribution in [3.63, 3.8) is 0 Å². The molecule has 18 aromatic carbocycles. The summed E-state index contributed by atoms with van der Waals surface area (Å²) in [6.07, 6.45) is 0. The van der Waals surface area contributed by atoms with Crippen LogP contribution in [0.25, 0.3) is 164 Å². The van der Waals surface area contributed by atoms with Crippen molar-refractivity contribution >= 4 is 115 Å². The van der Waals surface area contributed by atoms with Crippen LogP contribution in [-0.2, 0) is 0 Å². The first-order valence-corrected chi connectivity index (χ1v) is 33.4. The van der Waals surface area contributed by atoms with Gasteiger partial charge >= 0.3 is 7.12 Å². The average Bonchev–Trinajstić information content (AvgIpc) is 0.747. The molecule has 2 N–H and O–H groups in total. The molecule has 0 aliphatic rings. The molecule has 0 saturated heterocycles. The first-order chi connectivity index (χ1) is 47.3. The van der Waals surface area contributed by atoms with Gasteiger partial charge in [0.1, 0.15) is 0 Å². The monoisotopic (exact) mass is 1290 g/mol. The van der Waals surface area contributed by atoms with Crippen molar-refractivity contribution in [2.24, 2.45) is 0 Å². The van der Waals surface area contributed by atoms with Crippen molar-refractivity contribution < 1.29 is 10.0 Å². The Hall–Kier alpha value is -11.5. The van der Waals surface area contributed by atoms with E-state index in [0.29, 0.717) is 5.46 Å². The Kier molecular flexibility index (Phi) is 16.2. The van der Waals surface area contributed by atoms with Crippen molar-refractivity contribution in [3.05, 3.63) is 368 Å². The predicted octanol–water partition coefficient (Wildman–Crippen LogP) is 24.4. The van der Waals surface area contributed by atoms with Crippen LogP contribution in [0.15, 0.2) is 368 Å². The molecule has 96 heavy (non-hydrogen) atoms. The summed E-state index contributed by atoms with van der Waals surface area (Å²) in [5.74, 6) is 0. The number of hydrogen-bond donors (Lipinski definition) is 2. The molecule has 0 aromatic heterocycles. The molecular weight excluding hydrogens is 1230 g/mol. The van der Waals surface area contributed by atoms with Gasteiger partial charge in [-0.3, -0.25) is 0 Å². The highest BCUT2D eigenvalue weighted by Crippen LogP contribution is 2.46. The highest BCUT2D eigenvalue weighted by Gasteiger charge is 2.19. The van der Waals surface area contributed by atoms with Crippen LogP contribution < -0.4 is 5.46 Å². The molecule has 0 heterocycles. The van der Waals surface area contributed by atoms with Crippen molar-refractivity contribution in [1.29, 1.82) is 0 Å². The molecule has 0 radical (unpaired) electrons. The van der Waals surface area contributed by atoms with Crippen LogP contribution in [0.1, 0.15) is 0 Å². The number of fused-ring (bicyclic) bond motifs is 8. The zero-order valence-corrected chi connectivity index (χ0v) is 54.1. The summed E-state index contributed by atoms with van der Waals surface area (Å²) in [6, 6.07) is 130. The molecule has 452 valence electrons. The predicted molar refractivity (Wildman–Crippen MR) is 415 cm³/mol. The van der Waals surface area contributed by atoms with E-state index in [-0.39, 0.29) is 0 Å². The SMILES string of the molecule is Brc1c2ccccc2c(-c2ccc3ccc(-c4ccc5ccccc5c4)cc3c2)c2ccccc12.OB(O)c1cccc(-c2ccccc2)c1.c1ccc(-c2cccc(-c3c4ccccc4c(-c4ccc5ccc(-c6ccc7ccccc7c6)cc5c4)c4ccccc34)c2)cc1. The summed E-state index contributed by atoms with van der Waals surface area (Å²) in [6.45, 7) is 0. The fraction of sp³-hybridized carbons (Fsp3) is 0. The van der Waals surface area contributed by atoms with Crippen molar-refractivity contribution in [1.82, 2.24) is 0 Å². The van der Waals surface area contributed by atoms with E-state index in [2.05, 4.69) is 325 Å². The van der Waals surface area contributed by atoms with Crippen LogP contribution in [-0.4, -0.2) is 17.2 Å². The van der Waals surface area contributed by atoms with Crippen LogP contribution in [0.2, 0.25) is 0 Å². The molecule has 4 heteroatoms. The minimum absolute atomic E-state index is 0.511. The lowest BCUT2D eigenvalue weighted by Gasteiger charge is -2.18. The minimum Gasteiger partial charge on any atom is -0.423 e. The van der Waals surface area contributed by atoms with Crippen LogP contribution in [0, 0.1) is 0 Å². The molecule has 0 saturated carbocycles. The molecule has 18 aromatic rings. The summed E-state index contributed by atoms with van der Waals surface area (Å²) in [5, 5.41) is 38.3. The van der Waals surface area contributed by atoms with Gasteiger partial charge in [0, 0.05) is 4.47 Å². The van der Waals surface area contributed by atoms with Crippen molar-refractivity contribution in [2.45, 2.75) is 0 Å². The van der Waals surface area contributed by atoms with E-state index in [0.717, 1.165) is 15.6 Å². The Morgan fingerprint density at radius 1 is 0.177 bits per heavy atom. The molecule has 0 aliphatic carbocycles. The van der Waals surface area contributed by atoms with Gasteiger partial charge in [0.25, 0.3) is 0 Å². The fourth-order valence-electron chi connectivity index (χ4n) is 14.0. The zero-order valence-electron chi connectivity index (χ0n) is 52.5. The summed E-state index contributed by atoms with van der Waals surface area (Å²) >= 11 is 3.88. The van der Waals surface area contributed by atoms with Crippen molar-refractivity contribution in [3.8, 4) is 77.9 Å². The van der Waals surface area contributed by atoms with Gasteiger partial charge in [-0.05, 0) is 228 Å². The smallest absolute Gasteiger partial charge is 0.423 e. The quantitative estimate of drug-likeness (QED) is 0.118. The topological polar surface area (TPSA) is 40.5 Å². The van der Waals surface area contributed by atoms with E-state index in [9.17, 15) is 0 Å². The van der Waals surface area contributed by atoms with Gasteiger partial charge < -0.3 is 10.0 Å². The number of hydrogen-bond acceptors (Lipinski definition) is 2. The van der Waals surface area contributed by atoms with Gasteiger partial charge in [0.15, 0.2) is 0 Å². The number of benzene rings is 18. The highest BCUT2D eigenvalue weighted by molar-refractivity contribution is 9.10. The third-order valence-electron chi connectivity index (χ3n) is 18.8. The van der Waals surface area contributed by atoms with Crippen LogP contribution in [0.5, 0.6) is 0 Å². The Bertz CT molecular complexity index is 5850. The molecular formula is C92H62BBrO2. The first-order valence-electron chi connectivity index (χ1n) is 32.6. The molecule has 0 atom stereocenters. The lowest BCUT2D eigenvalue weighted by Crippen LogP contribution is -2.29. The first kappa shape index (κ1) is 59.5. The molecule has 0 spiro atoms. The van der Waals surface area contributed by atoms with E-state index >= 15 is 0 Å². The normalized spacial score (nSPS) is 11.3. The number of halogens is 1. The Morgan fingerprint density at radius 2 is 0.427 bits per heavy atom. The van der Waals surface area contributed by atoms with E-state index in [1.165, 1.54) is 153 Å². The summed E-state index contributed by atoms with van der Waals surface area (Å²) in [5.41, 5.74) is 17.6. The molecule has 0 unspecified atom stereocenters. The van der Waals surface area contributed by atoms with Crippen LogP contribution >= 0.6 is 15.9 Å². The van der Waals surface area contributed by atoms with Gasteiger partial charge in [-0.1, -0.05) is 322 Å². The minimum atomic E-state index is -1.41. The second-order valence-corrected chi connectivity index (χ2v) is 25.4. The molecule has 0 bridgehead atoms. The van der Waals surface area contributed by atoms with Gasteiger partial charge in [-0.2, -0.15) is 0 Å². The Morgan fingerprint density at radius 3 is 0.823 bits per heavy atom. The average molecular weight is 1290 g/mol. The zero-order chi connectivity index (χ0) is 64.5. The van der Waals surface area contributed by atoms with Crippen LogP contribution in [0.4, 0.5) is 0 Å². The second-order valence-electron chi connectivity index (χ2n) is 24.6. The standard InChI is InChI=1S/C46H30.C34H21Br.C12H11BO2/c1-2-11-31(12-3-1)35-15-10-16-38(28-35)45-41-17-6-8-19-43(41)46(44-20-9-7-18-42(44)45)39-26-23-33-22-25-37(29-40(33)30-39)36-24-21-32-13-4-5-14-34(32)27-36;35-34-31-11-5-3-9-29(31)33(30-10-4-6-12-32(30)34)27-18-15-23-14-17-26(20-28(23)21-27)25-16-13-22-7-1-2-8-24(22)19-25;14-13(15)12-8-4-7-11(9-12)10-5-2-1-3-6-10/h1-30H;1-21H;1-9,14-15H. The second kappa shape index (κ2) is 26.1. The molecule has 0 amide bonds. The summed E-state index contributed by atoms with van der Waals surface area (Å²) in [7, 11) is -1.41. The third-order valence-corrected chi connectivity index (χ3v) is 19.6. The maximum Gasteiger partial charge on any atom is 0.488 e. The molecule has 0 fully saturated rings. The molecule has 2 nitrogen and oxygen atoms in total. The van der Waals surface area contributed by atoms with Gasteiger partial charge in [-0.25, -0.2) is 0 Å². The lowest BCUT2D eigenvalue weighted by atomic mass is 9.79. The van der Waals surface area contributed by atoms with Crippen LogP contribution in [0.3, 0.4) is 0 Å². The summed E-state index contributed by atoms with van der Waals surface area (Å²) in [4.78, 5) is 0. The fourth-order valence-corrected chi connectivity index (χ4v) is 14.7. The van der Waals surface area contributed by atoms with E-state index < -0.39 is 7.12 Å². The Balaban J connectivity index is 0.000000127. The summed E-state index contributed by atoms with van der Waals surface area (Å²) < 4.78 is 1.16. The molecule has 0 aliphatic heterocycles. The highest BCUT2D eigenvalue weighted by atomic mass is 79.9. The van der Waals surface area contributed by atoms with E-state index in [1.807, 2.05) is 42.5 Å². The van der Waals surface area contributed by atoms with Gasteiger partial charge in [0.2, 0.25) is 0 Å². The van der Waals surface area contributed by atoms with Gasteiger partial charge in [-0.15, -0.1) is 0 Å². The third kappa shape index (κ3) is 11.7. The Labute approximate surface area is 567 Å². The number of rotatable bonds is 8. The molecule has 18 rings (SSSR count). The maximum absolute atomic E-state index is 9.05.